The summed E-state index contributed by atoms with van der Waals surface area (Å²) in [5.74, 6) is 1.77. The average Bonchev–Trinajstić information content (AvgIpc) is 2.27. The molecule has 0 bridgehead atoms. The summed E-state index contributed by atoms with van der Waals surface area (Å²) in [4.78, 5) is 27.4. The van der Waals surface area contributed by atoms with Crippen LogP contribution >= 0.6 is 0 Å². The molecule has 0 aromatic carbocycles. The van der Waals surface area contributed by atoms with E-state index in [-0.39, 0.29) is 17.4 Å². The maximum absolute atomic E-state index is 11.8. The highest BCUT2D eigenvalue weighted by atomic mass is 16.1. The Bertz CT molecular complexity index is 596. The summed E-state index contributed by atoms with van der Waals surface area (Å²) in [6, 6.07) is 0. The highest BCUT2D eigenvalue weighted by Gasteiger charge is 2.10. The van der Waals surface area contributed by atoms with Crippen molar-refractivity contribution in [2.45, 2.75) is 39.5 Å². The molecule has 0 fully saturated rings. The van der Waals surface area contributed by atoms with Crippen LogP contribution in [0, 0.1) is 0 Å². The maximum Gasteiger partial charge on any atom is 0.261 e. The van der Waals surface area contributed by atoms with E-state index in [2.05, 4.69) is 19.9 Å². The molecule has 5 nitrogen and oxygen atoms in total. The zero-order valence-corrected chi connectivity index (χ0v) is 10.5. The van der Waals surface area contributed by atoms with E-state index in [0.717, 1.165) is 0 Å². The summed E-state index contributed by atoms with van der Waals surface area (Å²) in [6.07, 6.45) is 1.55. The van der Waals surface area contributed by atoms with Gasteiger partial charge in [0.2, 0.25) is 0 Å². The summed E-state index contributed by atoms with van der Waals surface area (Å²) in [5, 5.41) is 0.443. The molecular weight excluding hydrogens is 216 g/mol. The first-order valence-electron chi connectivity index (χ1n) is 5.76. The van der Waals surface area contributed by atoms with E-state index in [9.17, 15) is 4.79 Å². The molecule has 0 aliphatic carbocycles. The van der Waals surface area contributed by atoms with Gasteiger partial charge in [-0.1, -0.05) is 27.7 Å². The van der Waals surface area contributed by atoms with Crippen LogP contribution in [0.3, 0.4) is 0 Å². The lowest BCUT2D eigenvalue weighted by Gasteiger charge is -2.07. The lowest BCUT2D eigenvalue weighted by molar-refractivity contribution is 0.758. The molecule has 0 amide bonds. The van der Waals surface area contributed by atoms with Crippen LogP contribution < -0.4 is 5.56 Å². The van der Waals surface area contributed by atoms with Crippen molar-refractivity contribution in [1.29, 1.82) is 0 Å². The summed E-state index contributed by atoms with van der Waals surface area (Å²) in [5.41, 5.74) is 0.310. The van der Waals surface area contributed by atoms with Crippen LogP contribution in [0.1, 0.15) is 51.2 Å². The molecule has 5 heteroatoms. The van der Waals surface area contributed by atoms with Crippen LogP contribution in [0.25, 0.3) is 11.0 Å². The Balaban J connectivity index is 2.71. The second-order valence-corrected chi connectivity index (χ2v) is 4.73. The van der Waals surface area contributed by atoms with Gasteiger partial charge in [-0.3, -0.25) is 4.79 Å². The second-order valence-electron chi connectivity index (χ2n) is 4.73. The minimum absolute atomic E-state index is 0.171. The maximum atomic E-state index is 11.8. The van der Waals surface area contributed by atoms with E-state index in [1.165, 1.54) is 0 Å². The van der Waals surface area contributed by atoms with E-state index in [4.69, 9.17) is 0 Å². The lowest BCUT2D eigenvalue weighted by atomic mass is 10.2. The third-order valence-corrected chi connectivity index (χ3v) is 2.56. The van der Waals surface area contributed by atoms with Gasteiger partial charge in [-0.25, -0.2) is 15.0 Å². The Kier molecular flexibility index (Phi) is 2.92. The van der Waals surface area contributed by atoms with Gasteiger partial charge >= 0.3 is 0 Å². The Morgan fingerprint density at radius 3 is 2.41 bits per heavy atom. The van der Waals surface area contributed by atoms with E-state index in [1.54, 1.807) is 6.20 Å². The SMILES string of the molecule is CC(C)c1ncc2c(=O)[nH]c(C(C)C)nc2n1. The number of fused-ring (bicyclic) bond motifs is 1. The van der Waals surface area contributed by atoms with Gasteiger partial charge < -0.3 is 4.98 Å². The topological polar surface area (TPSA) is 71.5 Å². The highest BCUT2D eigenvalue weighted by molar-refractivity contribution is 5.72. The predicted molar refractivity (Wildman–Crippen MR) is 66.1 cm³/mol. The zero-order valence-electron chi connectivity index (χ0n) is 10.5. The quantitative estimate of drug-likeness (QED) is 0.859. The first-order valence-corrected chi connectivity index (χ1v) is 5.76. The highest BCUT2D eigenvalue weighted by Crippen LogP contribution is 2.13. The molecule has 0 saturated heterocycles. The van der Waals surface area contributed by atoms with Gasteiger partial charge in [-0.05, 0) is 0 Å². The molecule has 0 radical (unpaired) electrons. The van der Waals surface area contributed by atoms with Gasteiger partial charge in [0, 0.05) is 18.0 Å². The van der Waals surface area contributed by atoms with Gasteiger partial charge in [-0.2, -0.15) is 0 Å². The molecule has 2 rings (SSSR count). The number of nitrogens with zero attached hydrogens (tertiary/aromatic N) is 3. The largest absolute Gasteiger partial charge is 0.310 e. The van der Waals surface area contributed by atoms with Crippen molar-refractivity contribution in [3.63, 3.8) is 0 Å². The molecule has 1 N–H and O–H groups in total. The fourth-order valence-corrected chi connectivity index (χ4v) is 1.51. The molecule has 0 aliphatic rings. The van der Waals surface area contributed by atoms with Crippen molar-refractivity contribution in [1.82, 2.24) is 19.9 Å². The van der Waals surface area contributed by atoms with Crippen LogP contribution in [0.5, 0.6) is 0 Å². The Morgan fingerprint density at radius 2 is 1.82 bits per heavy atom. The Labute approximate surface area is 99.3 Å². The molecule has 0 saturated carbocycles. The van der Waals surface area contributed by atoms with Gasteiger partial charge in [0.1, 0.15) is 17.0 Å². The van der Waals surface area contributed by atoms with E-state index < -0.39 is 0 Å². The standard InChI is InChI=1S/C12H16N4O/c1-6(2)9-13-5-8-11(14-9)15-10(7(3)4)16-12(8)17/h5-7H,1-4H3,(H,13,14,15,16,17). The second kappa shape index (κ2) is 4.24. The fraction of sp³-hybridized carbons (Fsp3) is 0.500. The average molecular weight is 232 g/mol. The Hall–Kier alpha value is -1.78. The first kappa shape index (κ1) is 11.7. The van der Waals surface area contributed by atoms with Gasteiger partial charge in [0.25, 0.3) is 5.56 Å². The third kappa shape index (κ3) is 2.18. The van der Waals surface area contributed by atoms with E-state index in [0.29, 0.717) is 22.7 Å². The van der Waals surface area contributed by atoms with Crippen molar-refractivity contribution >= 4 is 11.0 Å². The number of H-pyrrole nitrogens is 1. The van der Waals surface area contributed by atoms with Crippen LogP contribution in [0.4, 0.5) is 0 Å². The van der Waals surface area contributed by atoms with Gasteiger partial charge in [0.15, 0.2) is 5.65 Å². The number of aromatic nitrogens is 4. The van der Waals surface area contributed by atoms with Crippen molar-refractivity contribution in [3.05, 3.63) is 28.2 Å². The third-order valence-electron chi connectivity index (χ3n) is 2.56. The summed E-state index contributed by atoms with van der Waals surface area (Å²) in [7, 11) is 0. The number of hydrogen-bond acceptors (Lipinski definition) is 4. The Morgan fingerprint density at radius 1 is 1.12 bits per heavy atom. The van der Waals surface area contributed by atoms with Crippen LogP contribution in [-0.2, 0) is 0 Å². The van der Waals surface area contributed by atoms with Crippen molar-refractivity contribution in [2.24, 2.45) is 0 Å². The lowest BCUT2D eigenvalue weighted by Crippen LogP contribution is -2.15. The van der Waals surface area contributed by atoms with E-state index >= 15 is 0 Å². The minimum Gasteiger partial charge on any atom is -0.310 e. The monoisotopic (exact) mass is 232 g/mol. The number of rotatable bonds is 2. The van der Waals surface area contributed by atoms with E-state index in [1.807, 2.05) is 27.7 Å². The summed E-state index contributed by atoms with van der Waals surface area (Å²) < 4.78 is 0. The van der Waals surface area contributed by atoms with Crippen molar-refractivity contribution in [3.8, 4) is 0 Å². The molecule has 0 unspecified atom stereocenters. The zero-order chi connectivity index (χ0) is 12.6. The predicted octanol–water partition coefficient (Wildman–Crippen LogP) is 1.96. The molecule has 17 heavy (non-hydrogen) atoms. The minimum atomic E-state index is -0.172. The first-order chi connectivity index (χ1) is 7.99. The smallest absolute Gasteiger partial charge is 0.261 e. The fourth-order valence-electron chi connectivity index (χ4n) is 1.51. The molecule has 0 atom stereocenters. The molecule has 2 aromatic heterocycles. The van der Waals surface area contributed by atoms with Crippen LogP contribution in [-0.4, -0.2) is 19.9 Å². The summed E-state index contributed by atoms with van der Waals surface area (Å²) >= 11 is 0. The number of aromatic amines is 1. The molecule has 0 aliphatic heterocycles. The summed E-state index contributed by atoms with van der Waals surface area (Å²) in [6.45, 7) is 7.98. The number of nitrogens with one attached hydrogen (secondary N) is 1. The van der Waals surface area contributed by atoms with Gasteiger partial charge in [0.05, 0.1) is 0 Å². The molecular formula is C12H16N4O. The number of hydrogen-bond donors (Lipinski definition) is 1. The van der Waals surface area contributed by atoms with Crippen LogP contribution in [0.15, 0.2) is 11.0 Å². The van der Waals surface area contributed by atoms with Crippen LogP contribution in [0.2, 0.25) is 0 Å². The van der Waals surface area contributed by atoms with Gasteiger partial charge in [-0.15, -0.1) is 0 Å². The van der Waals surface area contributed by atoms with Crippen molar-refractivity contribution < 1.29 is 0 Å². The molecule has 0 spiro atoms. The van der Waals surface area contributed by atoms with Crippen molar-refractivity contribution in [2.75, 3.05) is 0 Å². The molecule has 2 heterocycles. The molecule has 90 valence electrons. The molecule has 2 aromatic rings. The normalized spacial score (nSPS) is 11.6.